The molecule has 1 atom stereocenters. The van der Waals surface area contributed by atoms with Crippen LogP contribution < -0.4 is 5.32 Å². The number of hydrogen-bond donors (Lipinski definition) is 1. The summed E-state index contributed by atoms with van der Waals surface area (Å²) in [6.07, 6.45) is 4.12. The highest BCUT2D eigenvalue weighted by molar-refractivity contribution is 5.89. The third-order valence-corrected chi connectivity index (χ3v) is 5.70. The van der Waals surface area contributed by atoms with E-state index in [0.29, 0.717) is 37.5 Å². The van der Waals surface area contributed by atoms with Crippen LogP contribution in [0, 0.1) is 23.2 Å². The first-order valence-electron chi connectivity index (χ1n) is 9.97. The number of piperidine rings is 1. The second-order valence-electron chi connectivity index (χ2n) is 7.76. The largest absolute Gasteiger partial charge is 0.356 e. The summed E-state index contributed by atoms with van der Waals surface area (Å²) in [5, 5.41) is 11.9. The molecule has 6 heteroatoms. The van der Waals surface area contributed by atoms with Crippen molar-refractivity contribution >= 4 is 11.8 Å². The third-order valence-electron chi connectivity index (χ3n) is 5.70. The summed E-state index contributed by atoms with van der Waals surface area (Å²) in [6, 6.07) is 9.90. The summed E-state index contributed by atoms with van der Waals surface area (Å²) < 4.78 is 0. The van der Waals surface area contributed by atoms with Crippen LogP contribution in [0.5, 0.6) is 0 Å². The molecule has 6 nitrogen and oxygen atoms in total. The number of rotatable bonds is 7. The average Bonchev–Trinajstić information content (AvgIpc) is 3.09. The Balaban J connectivity index is 1.37. The fourth-order valence-corrected chi connectivity index (χ4v) is 3.96. The van der Waals surface area contributed by atoms with E-state index >= 15 is 0 Å². The molecule has 1 N–H and O–H groups in total. The minimum atomic E-state index is -0.232. The number of nitrogens with one attached hydrogen (secondary N) is 1. The lowest BCUT2D eigenvalue weighted by Gasteiger charge is -2.32. The Morgan fingerprint density at radius 3 is 2.64 bits per heavy atom. The molecule has 2 saturated heterocycles. The van der Waals surface area contributed by atoms with Gasteiger partial charge in [-0.1, -0.05) is 18.2 Å². The Kier molecular flexibility index (Phi) is 6.83. The topological polar surface area (TPSA) is 76.4 Å². The van der Waals surface area contributed by atoms with Crippen molar-refractivity contribution in [2.75, 3.05) is 32.7 Å². The molecule has 2 amide bonds. The second-order valence-corrected chi connectivity index (χ2v) is 7.76. The molecule has 148 valence electrons. The molecule has 2 heterocycles. The Morgan fingerprint density at radius 2 is 2.00 bits per heavy atom. The molecular formula is C22H28N4O2. The van der Waals surface area contributed by atoms with Crippen molar-refractivity contribution in [2.45, 2.75) is 25.8 Å². The molecule has 0 spiro atoms. The maximum Gasteiger partial charge on any atom is 0.225 e. The first-order valence-corrected chi connectivity index (χ1v) is 9.97. The van der Waals surface area contributed by atoms with Gasteiger partial charge in [-0.3, -0.25) is 14.5 Å². The monoisotopic (exact) mass is 380 g/mol. The smallest absolute Gasteiger partial charge is 0.225 e. The predicted octanol–water partition coefficient (Wildman–Crippen LogP) is 1.92. The van der Waals surface area contributed by atoms with Gasteiger partial charge in [-0.05, 0) is 49.5 Å². The summed E-state index contributed by atoms with van der Waals surface area (Å²) in [4.78, 5) is 28.4. The molecule has 0 radical (unpaired) electrons. The Bertz CT molecular complexity index is 745. The standard InChI is InChI=1S/C22H28N4O2/c1-2-9-26-16-20(12-21(26)27)22(28)24-14-18-7-10-25(11-8-18)15-19-5-3-17(13-23)4-6-19/h2-6,18,20H,1,7-12,14-16H2,(H,24,28). The third kappa shape index (κ3) is 5.20. The quantitative estimate of drug-likeness (QED) is 0.733. The van der Waals surface area contributed by atoms with E-state index in [0.717, 1.165) is 32.5 Å². The number of carbonyl (C=O) groups is 2. The van der Waals surface area contributed by atoms with Crippen LogP contribution in [-0.4, -0.2) is 54.3 Å². The number of hydrogen-bond acceptors (Lipinski definition) is 4. The summed E-state index contributed by atoms with van der Waals surface area (Å²) >= 11 is 0. The fourth-order valence-electron chi connectivity index (χ4n) is 3.96. The maximum atomic E-state index is 12.4. The van der Waals surface area contributed by atoms with Crippen LogP contribution >= 0.6 is 0 Å². The van der Waals surface area contributed by atoms with Gasteiger partial charge in [-0.25, -0.2) is 0 Å². The van der Waals surface area contributed by atoms with Crippen LogP contribution in [-0.2, 0) is 16.1 Å². The van der Waals surface area contributed by atoms with Crippen LogP contribution in [0.2, 0.25) is 0 Å². The van der Waals surface area contributed by atoms with Crippen molar-refractivity contribution in [3.05, 3.63) is 48.0 Å². The molecule has 0 bridgehead atoms. The first-order chi connectivity index (χ1) is 13.6. The molecule has 1 aromatic carbocycles. The van der Waals surface area contributed by atoms with Gasteiger partial charge in [0, 0.05) is 32.6 Å². The highest BCUT2D eigenvalue weighted by atomic mass is 16.2. The van der Waals surface area contributed by atoms with Crippen molar-refractivity contribution < 1.29 is 9.59 Å². The van der Waals surface area contributed by atoms with E-state index in [2.05, 4.69) is 22.9 Å². The Hall–Kier alpha value is -2.65. The summed E-state index contributed by atoms with van der Waals surface area (Å²) in [5.41, 5.74) is 1.91. The first kappa shape index (κ1) is 20.1. The molecule has 28 heavy (non-hydrogen) atoms. The molecule has 2 aliphatic rings. The van der Waals surface area contributed by atoms with Crippen LogP contribution in [0.1, 0.15) is 30.4 Å². The molecule has 2 aliphatic heterocycles. The number of nitrogens with zero attached hydrogens (tertiary/aromatic N) is 3. The van der Waals surface area contributed by atoms with Gasteiger partial charge in [0.25, 0.3) is 0 Å². The minimum Gasteiger partial charge on any atom is -0.356 e. The molecule has 2 fully saturated rings. The fraction of sp³-hybridized carbons (Fsp3) is 0.500. The summed E-state index contributed by atoms with van der Waals surface area (Å²) in [5.74, 6) is 0.294. The highest BCUT2D eigenvalue weighted by Crippen LogP contribution is 2.20. The van der Waals surface area contributed by atoms with Crippen molar-refractivity contribution in [1.29, 1.82) is 5.26 Å². The minimum absolute atomic E-state index is 0.0000700. The van der Waals surface area contributed by atoms with Gasteiger partial charge in [0.2, 0.25) is 11.8 Å². The van der Waals surface area contributed by atoms with Gasteiger partial charge < -0.3 is 10.2 Å². The Labute approximate surface area is 166 Å². The van der Waals surface area contributed by atoms with E-state index < -0.39 is 0 Å². The van der Waals surface area contributed by atoms with E-state index in [1.165, 1.54) is 5.56 Å². The van der Waals surface area contributed by atoms with Gasteiger partial charge in [-0.15, -0.1) is 6.58 Å². The second kappa shape index (κ2) is 9.52. The van der Waals surface area contributed by atoms with E-state index in [1.54, 1.807) is 11.0 Å². The predicted molar refractivity (Wildman–Crippen MR) is 107 cm³/mol. The summed E-state index contributed by atoms with van der Waals surface area (Å²) in [7, 11) is 0. The van der Waals surface area contributed by atoms with Crippen molar-refractivity contribution in [2.24, 2.45) is 11.8 Å². The number of carbonyl (C=O) groups excluding carboxylic acids is 2. The normalized spacial score (nSPS) is 20.8. The van der Waals surface area contributed by atoms with E-state index in [1.807, 2.05) is 24.3 Å². The lowest BCUT2D eigenvalue weighted by atomic mass is 9.96. The van der Waals surface area contributed by atoms with Crippen LogP contribution in [0.25, 0.3) is 0 Å². The van der Waals surface area contributed by atoms with Gasteiger partial charge in [-0.2, -0.15) is 5.26 Å². The molecular weight excluding hydrogens is 352 g/mol. The number of nitriles is 1. The zero-order valence-electron chi connectivity index (χ0n) is 16.3. The zero-order chi connectivity index (χ0) is 19.9. The lowest BCUT2D eigenvalue weighted by Crippen LogP contribution is -2.40. The molecule has 0 saturated carbocycles. The number of benzene rings is 1. The van der Waals surface area contributed by atoms with E-state index in [-0.39, 0.29) is 17.7 Å². The number of amides is 2. The average molecular weight is 380 g/mol. The molecule has 0 aliphatic carbocycles. The molecule has 1 aromatic rings. The van der Waals surface area contributed by atoms with E-state index in [9.17, 15) is 9.59 Å². The van der Waals surface area contributed by atoms with Gasteiger partial charge >= 0.3 is 0 Å². The maximum absolute atomic E-state index is 12.4. The number of likely N-dealkylation sites (tertiary alicyclic amines) is 2. The lowest BCUT2D eigenvalue weighted by molar-refractivity contribution is -0.128. The van der Waals surface area contributed by atoms with Crippen LogP contribution in [0.3, 0.4) is 0 Å². The van der Waals surface area contributed by atoms with Gasteiger partial charge in [0.15, 0.2) is 0 Å². The van der Waals surface area contributed by atoms with Crippen molar-refractivity contribution in [1.82, 2.24) is 15.1 Å². The summed E-state index contributed by atoms with van der Waals surface area (Å²) in [6.45, 7) is 8.27. The van der Waals surface area contributed by atoms with Crippen LogP contribution in [0.4, 0.5) is 0 Å². The molecule has 3 rings (SSSR count). The SMILES string of the molecule is C=CCN1CC(C(=O)NCC2CCN(Cc3ccc(C#N)cc3)CC2)CC1=O. The van der Waals surface area contributed by atoms with E-state index in [4.69, 9.17) is 5.26 Å². The van der Waals surface area contributed by atoms with Gasteiger partial charge in [0.05, 0.1) is 17.6 Å². The highest BCUT2D eigenvalue weighted by Gasteiger charge is 2.33. The molecule has 1 unspecified atom stereocenters. The molecule has 0 aromatic heterocycles. The Morgan fingerprint density at radius 1 is 1.29 bits per heavy atom. The van der Waals surface area contributed by atoms with Crippen molar-refractivity contribution in [3.8, 4) is 6.07 Å². The van der Waals surface area contributed by atoms with Crippen LogP contribution in [0.15, 0.2) is 36.9 Å². The van der Waals surface area contributed by atoms with Crippen molar-refractivity contribution in [3.63, 3.8) is 0 Å². The van der Waals surface area contributed by atoms with Gasteiger partial charge in [0.1, 0.15) is 0 Å². The zero-order valence-corrected chi connectivity index (χ0v) is 16.3.